The van der Waals surface area contributed by atoms with Gasteiger partial charge in [0.2, 0.25) is 0 Å². The molecule has 0 saturated carbocycles. The maximum Gasteiger partial charge on any atom is 0.319 e. The van der Waals surface area contributed by atoms with Crippen LogP contribution in [0.5, 0.6) is 0 Å². The Morgan fingerprint density at radius 2 is 2.00 bits per heavy atom. The van der Waals surface area contributed by atoms with Gasteiger partial charge in [-0.2, -0.15) is 5.10 Å². The van der Waals surface area contributed by atoms with Gasteiger partial charge in [-0.25, -0.2) is 19.4 Å². The second-order valence-corrected chi connectivity index (χ2v) is 5.86. The van der Waals surface area contributed by atoms with Gasteiger partial charge in [-0.3, -0.25) is 0 Å². The molecule has 2 amide bonds. The number of pyridine rings is 2. The molecule has 3 aromatic heterocycles. The third-order valence-corrected chi connectivity index (χ3v) is 4.10. The van der Waals surface area contributed by atoms with Crippen molar-refractivity contribution in [3.63, 3.8) is 0 Å². The number of carbonyl (C=O) groups excluding carboxylic acids is 1. The van der Waals surface area contributed by atoms with Crippen LogP contribution in [0, 0.1) is 0 Å². The average molecular weight is 365 g/mol. The van der Waals surface area contributed by atoms with E-state index in [0.29, 0.717) is 18.1 Å². The molecule has 8 nitrogen and oxygen atoms in total. The predicted octanol–water partition coefficient (Wildman–Crippen LogP) is 2.83. The molecule has 0 aromatic carbocycles. The average Bonchev–Trinajstić information content (AvgIpc) is 3.24. The third kappa shape index (κ3) is 4.81. The summed E-state index contributed by atoms with van der Waals surface area (Å²) >= 11 is 0. The highest BCUT2D eigenvalue weighted by Crippen LogP contribution is 2.14. The summed E-state index contributed by atoms with van der Waals surface area (Å²) < 4.78 is 1.67. The van der Waals surface area contributed by atoms with E-state index in [-0.39, 0.29) is 6.03 Å². The van der Waals surface area contributed by atoms with Gasteiger partial charge in [0.1, 0.15) is 5.82 Å². The van der Waals surface area contributed by atoms with Crippen LogP contribution in [0.3, 0.4) is 0 Å². The van der Waals surface area contributed by atoms with Crippen LogP contribution < -0.4 is 15.5 Å². The summed E-state index contributed by atoms with van der Waals surface area (Å²) in [7, 11) is 0. The van der Waals surface area contributed by atoms with E-state index in [1.807, 2.05) is 36.5 Å². The molecule has 8 heteroatoms. The summed E-state index contributed by atoms with van der Waals surface area (Å²) in [6.07, 6.45) is 6.87. The molecule has 0 bridgehead atoms. The summed E-state index contributed by atoms with van der Waals surface area (Å²) in [5.74, 6) is 1.60. The molecule has 2 N–H and O–H groups in total. The van der Waals surface area contributed by atoms with Crippen molar-refractivity contribution in [2.45, 2.75) is 20.4 Å². The molecule has 3 heterocycles. The van der Waals surface area contributed by atoms with Crippen molar-refractivity contribution in [3.8, 4) is 5.82 Å². The first-order valence-electron chi connectivity index (χ1n) is 8.90. The topological polar surface area (TPSA) is 88.0 Å². The van der Waals surface area contributed by atoms with Crippen molar-refractivity contribution >= 4 is 17.5 Å². The molecule has 27 heavy (non-hydrogen) atoms. The van der Waals surface area contributed by atoms with Crippen molar-refractivity contribution < 1.29 is 4.79 Å². The molecule has 140 valence electrons. The van der Waals surface area contributed by atoms with Crippen molar-refractivity contribution in [1.82, 2.24) is 25.1 Å². The Bertz CT molecular complexity index is 858. The lowest BCUT2D eigenvalue weighted by Crippen LogP contribution is -2.28. The predicted molar refractivity (Wildman–Crippen MR) is 105 cm³/mol. The van der Waals surface area contributed by atoms with Gasteiger partial charge < -0.3 is 15.5 Å². The molecular formula is C19H23N7O. The Morgan fingerprint density at radius 1 is 1.15 bits per heavy atom. The number of anilines is 2. The highest BCUT2D eigenvalue weighted by molar-refractivity contribution is 5.89. The molecule has 0 atom stereocenters. The van der Waals surface area contributed by atoms with E-state index >= 15 is 0 Å². The van der Waals surface area contributed by atoms with Crippen LogP contribution in [0.2, 0.25) is 0 Å². The Balaban J connectivity index is 1.55. The molecule has 0 spiro atoms. The Hall–Kier alpha value is -3.42. The number of nitrogens with zero attached hydrogens (tertiary/aromatic N) is 5. The van der Waals surface area contributed by atoms with E-state index in [2.05, 4.69) is 44.4 Å². The van der Waals surface area contributed by atoms with Gasteiger partial charge >= 0.3 is 6.03 Å². The molecule has 0 unspecified atom stereocenters. The van der Waals surface area contributed by atoms with Crippen molar-refractivity contribution in [3.05, 3.63) is 60.7 Å². The van der Waals surface area contributed by atoms with E-state index < -0.39 is 0 Å². The smallest absolute Gasteiger partial charge is 0.319 e. The molecule has 3 aromatic rings. The fourth-order valence-electron chi connectivity index (χ4n) is 2.65. The minimum atomic E-state index is -0.287. The van der Waals surface area contributed by atoms with E-state index in [0.717, 1.165) is 24.5 Å². The van der Waals surface area contributed by atoms with Crippen LogP contribution in [0.15, 0.2) is 55.1 Å². The lowest BCUT2D eigenvalue weighted by molar-refractivity contribution is 0.251. The van der Waals surface area contributed by atoms with E-state index in [1.165, 1.54) is 0 Å². The first kappa shape index (κ1) is 18.4. The fourth-order valence-corrected chi connectivity index (χ4v) is 2.65. The molecule has 0 aliphatic carbocycles. The van der Waals surface area contributed by atoms with Crippen molar-refractivity contribution in [2.24, 2.45) is 0 Å². The number of carbonyl (C=O) groups is 1. The standard InChI is InChI=1S/C19H23N7O/c1-3-25(4-2)17-7-6-16(14-21-17)24-19(27)22-13-15-8-10-20-18(12-15)26-11-5-9-23-26/h5-12,14H,3-4,13H2,1-2H3,(H2,22,24,27). The van der Waals surface area contributed by atoms with Crippen LogP contribution in [0.4, 0.5) is 16.3 Å². The molecule has 0 saturated heterocycles. The summed E-state index contributed by atoms with van der Waals surface area (Å²) in [6.45, 7) is 6.34. The zero-order chi connectivity index (χ0) is 19.1. The van der Waals surface area contributed by atoms with Gasteiger partial charge in [-0.1, -0.05) is 0 Å². The SMILES string of the molecule is CCN(CC)c1ccc(NC(=O)NCc2ccnc(-n3cccn3)c2)cn1. The number of amides is 2. The van der Waals surface area contributed by atoms with Gasteiger partial charge in [0.15, 0.2) is 5.82 Å². The zero-order valence-electron chi connectivity index (χ0n) is 15.5. The maximum absolute atomic E-state index is 12.1. The summed E-state index contributed by atoms with van der Waals surface area (Å²) in [4.78, 5) is 23.0. The maximum atomic E-state index is 12.1. The van der Waals surface area contributed by atoms with Crippen LogP contribution in [0.1, 0.15) is 19.4 Å². The highest BCUT2D eigenvalue weighted by atomic mass is 16.2. The van der Waals surface area contributed by atoms with Crippen molar-refractivity contribution in [2.75, 3.05) is 23.3 Å². The minimum Gasteiger partial charge on any atom is -0.357 e. The van der Waals surface area contributed by atoms with Crippen LogP contribution in [-0.4, -0.2) is 38.9 Å². The number of urea groups is 1. The Morgan fingerprint density at radius 3 is 2.67 bits per heavy atom. The van der Waals surface area contributed by atoms with Crippen molar-refractivity contribution in [1.29, 1.82) is 0 Å². The van der Waals surface area contributed by atoms with Crippen LogP contribution >= 0.6 is 0 Å². The number of nitrogens with one attached hydrogen (secondary N) is 2. The normalized spacial score (nSPS) is 10.4. The van der Waals surface area contributed by atoms with E-state index in [9.17, 15) is 4.79 Å². The van der Waals surface area contributed by atoms with Gasteiger partial charge in [0, 0.05) is 38.2 Å². The van der Waals surface area contributed by atoms with Crippen LogP contribution in [-0.2, 0) is 6.54 Å². The van der Waals surface area contributed by atoms with E-state index in [4.69, 9.17) is 0 Å². The number of rotatable bonds is 7. The molecule has 3 rings (SSSR count). The minimum absolute atomic E-state index is 0.287. The lowest BCUT2D eigenvalue weighted by atomic mass is 10.2. The first-order valence-corrected chi connectivity index (χ1v) is 8.90. The summed E-state index contributed by atoms with van der Waals surface area (Å²) in [5.41, 5.74) is 1.58. The summed E-state index contributed by atoms with van der Waals surface area (Å²) in [5, 5.41) is 9.78. The van der Waals surface area contributed by atoms with Gasteiger partial charge in [-0.05, 0) is 49.7 Å². The molecule has 0 fully saturated rings. The Kier molecular flexibility index (Phi) is 5.98. The second-order valence-electron chi connectivity index (χ2n) is 5.86. The highest BCUT2D eigenvalue weighted by Gasteiger charge is 2.06. The van der Waals surface area contributed by atoms with E-state index in [1.54, 1.807) is 23.3 Å². The molecule has 0 aliphatic heterocycles. The molecule has 0 aliphatic rings. The first-order chi connectivity index (χ1) is 13.2. The number of hydrogen-bond acceptors (Lipinski definition) is 5. The third-order valence-electron chi connectivity index (χ3n) is 4.10. The zero-order valence-corrected chi connectivity index (χ0v) is 15.5. The van der Waals surface area contributed by atoms with Gasteiger partial charge in [0.25, 0.3) is 0 Å². The molecule has 0 radical (unpaired) electrons. The van der Waals surface area contributed by atoms with Gasteiger partial charge in [0.05, 0.1) is 11.9 Å². The quantitative estimate of drug-likeness (QED) is 0.672. The summed E-state index contributed by atoms with van der Waals surface area (Å²) in [6, 6.07) is 9.04. The second kappa shape index (κ2) is 8.79. The number of aromatic nitrogens is 4. The van der Waals surface area contributed by atoms with Crippen LogP contribution in [0.25, 0.3) is 5.82 Å². The largest absolute Gasteiger partial charge is 0.357 e. The lowest BCUT2D eigenvalue weighted by Gasteiger charge is -2.19. The van der Waals surface area contributed by atoms with Gasteiger partial charge in [-0.15, -0.1) is 0 Å². The monoisotopic (exact) mass is 365 g/mol. The molecular weight excluding hydrogens is 342 g/mol. The number of hydrogen-bond donors (Lipinski definition) is 2. The Labute approximate surface area is 158 Å². The fraction of sp³-hybridized carbons (Fsp3) is 0.263.